The predicted octanol–water partition coefficient (Wildman–Crippen LogP) is 5.67. The van der Waals surface area contributed by atoms with Gasteiger partial charge in [0, 0.05) is 53.2 Å². The van der Waals surface area contributed by atoms with Crippen molar-refractivity contribution in [1.29, 1.82) is 0 Å². The number of benzene rings is 1. The molecular formula is C24H22ClFN6O2S. The second kappa shape index (κ2) is 11.2. The first-order chi connectivity index (χ1) is 16.9. The van der Waals surface area contributed by atoms with Crippen molar-refractivity contribution in [3.05, 3.63) is 75.3 Å². The number of rotatable bonds is 9. The van der Waals surface area contributed by atoms with Crippen LogP contribution in [0.5, 0.6) is 0 Å². The van der Waals surface area contributed by atoms with Crippen LogP contribution in [0, 0.1) is 12.7 Å². The van der Waals surface area contributed by atoms with Crippen molar-refractivity contribution in [3.63, 3.8) is 0 Å². The fourth-order valence-corrected chi connectivity index (χ4v) is 4.23. The first kappa shape index (κ1) is 24.5. The molecule has 0 radical (unpaired) electrons. The van der Waals surface area contributed by atoms with Crippen molar-refractivity contribution in [1.82, 2.24) is 19.9 Å². The fourth-order valence-electron chi connectivity index (χ4n) is 3.26. The first-order valence-corrected chi connectivity index (χ1v) is 12.0. The Balaban J connectivity index is 1.63. The molecule has 4 rings (SSSR count). The molecule has 0 unspecified atom stereocenters. The van der Waals surface area contributed by atoms with Gasteiger partial charge in [0.1, 0.15) is 11.6 Å². The lowest BCUT2D eigenvalue weighted by atomic mass is 10.1. The molecule has 0 aliphatic rings. The third-order valence-corrected chi connectivity index (χ3v) is 6.30. The normalized spacial score (nSPS) is 10.7. The van der Waals surface area contributed by atoms with E-state index < -0.39 is 11.8 Å². The standard InChI is InChI=1S/C24H22ClFN6O2S/c1-3-34-23(33)16-8-15(10-27-11-16)18-12-29-24(31-17-4-5-20(26)19(25)9-17)32-22(18)28-7-6-21-14(2)30-13-35-21/h4-5,8-13H,3,6-7H2,1-2H3,(H2,28,29,31,32). The van der Waals surface area contributed by atoms with Crippen molar-refractivity contribution >= 4 is 46.4 Å². The van der Waals surface area contributed by atoms with Gasteiger partial charge in [0.05, 0.1) is 28.4 Å². The number of carbonyl (C=O) groups excluding carboxylic acids is 1. The van der Waals surface area contributed by atoms with E-state index >= 15 is 0 Å². The third-order valence-electron chi connectivity index (χ3n) is 5.01. The van der Waals surface area contributed by atoms with Gasteiger partial charge in [-0.1, -0.05) is 11.6 Å². The van der Waals surface area contributed by atoms with E-state index in [4.69, 9.17) is 16.3 Å². The minimum atomic E-state index is -0.511. The molecule has 0 amide bonds. The van der Waals surface area contributed by atoms with Crippen LogP contribution in [0.15, 0.2) is 48.4 Å². The van der Waals surface area contributed by atoms with Gasteiger partial charge in [-0.2, -0.15) is 4.98 Å². The summed E-state index contributed by atoms with van der Waals surface area (Å²) in [6.45, 7) is 4.59. The summed E-state index contributed by atoms with van der Waals surface area (Å²) in [7, 11) is 0. The molecule has 0 saturated carbocycles. The molecule has 3 heterocycles. The summed E-state index contributed by atoms with van der Waals surface area (Å²) in [6.07, 6.45) is 5.48. The van der Waals surface area contributed by atoms with Gasteiger partial charge in [0.15, 0.2) is 0 Å². The number of hydrogen-bond acceptors (Lipinski definition) is 9. The average molecular weight is 513 g/mol. The van der Waals surface area contributed by atoms with E-state index in [1.807, 2.05) is 12.4 Å². The summed E-state index contributed by atoms with van der Waals surface area (Å²) < 4.78 is 18.6. The number of ether oxygens (including phenoxy) is 1. The van der Waals surface area contributed by atoms with Crippen molar-refractivity contribution in [3.8, 4) is 11.1 Å². The smallest absolute Gasteiger partial charge is 0.339 e. The van der Waals surface area contributed by atoms with Crippen LogP contribution in [0.2, 0.25) is 5.02 Å². The van der Waals surface area contributed by atoms with Crippen LogP contribution in [0.3, 0.4) is 0 Å². The van der Waals surface area contributed by atoms with E-state index in [2.05, 4.69) is 30.6 Å². The number of nitrogens with one attached hydrogen (secondary N) is 2. The molecule has 11 heteroatoms. The summed E-state index contributed by atoms with van der Waals surface area (Å²) in [6, 6.07) is 5.96. The Hall–Kier alpha value is -3.63. The van der Waals surface area contributed by atoms with E-state index in [9.17, 15) is 9.18 Å². The zero-order valence-corrected chi connectivity index (χ0v) is 20.6. The van der Waals surface area contributed by atoms with Crippen LogP contribution in [-0.4, -0.2) is 39.1 Å². The summed E-state index contributed by atoms with van der Waals surface area (Å²) in [4.78, 5) is 30.9. The van der Waals surface area contributed by atoms with Gasteiger partial charge < -0.3 is 15.4 Å². The van der Waals surface area contributed by atoms with Gasteiger partial charge in [0.25, 0.3) is 0 Å². The quantitative estimate of drug-likeness (QED) is 0.276. The Kier molecular flexibility index (Phi) is 7.84. The maximum Gasteiger partial charge on any atom is 0.339 e. The lowest BCUT2D eigenvalue weighted by Crippen LogP contribution is -2.10. The molecule has 0 aliphatic heterocycles. The zero-order chi connectivity index (χ0) is 24.8. The molecule has 8 nitrogen and oxygen atoms in total. The molecule has 0 bridgehead atoms. The Morgan fingerprint density at radius 3 is 2.80 bits per heavy atom. The van der Waals surface area contributed by atoms with Crippen LogP contribution < -0.4 is 10.6 Å². The van der Waals surface area contributed by atoms with Gasteiger partial charge in [-0.05, 0) is 38.1 Å². The lowest BCUT2D eigenvalue weighted by Gasteiger charge is -2.14. The van der Waals surface area contributed by atoms with Crippen LogP contribution in [0.25, 0.3) is 11.1 Å². The summed E-state index contributed by atoms with van der Waals surface area (Å²) >= 11 is 7.49. The van der Waals surface area contributed by atoms with E-state index in [0.29, 0.717) is 40.7 Å². The van der Waals surface area contributed by atoms with Gasteiger partial charge in [-0.3, -0.25) is 4.98 Å². The zero-order valence-electron chi connectivity index (χ0n) is 19.0. The summed E-state index contributed by atoms with van der Waals surface area (Å²) in [5.41, 5.74) is 5.01. The number of anilines is 3. The highest BCUT2D eigenvalue weighted by atomic mass is 35.5. The van der Waals surface area contributed by atoms with E-state index in [1.54, 1.807) is 42.8 Å². The summed E-state index contributed by atoms with van der Waals surface area (Å²) in [5.74, 6) is -0.129. The van der Waals surface area contributed by atoms with Gasteiger partial charge in [0.2, 0.25) is 5.95 Å². The van der Waals surface area contributed by atoms with E-state index in [1.165, 1.54) is 23.2 Å². The molecule has 3 aromatic heterocycles. The minimum absolute atomic E-state index is 0.00764. The number of aryl methyl sites for hydroxylation is 1. The highest BCUT2D eigenvalue weighted by molar-refractivity contribution is 7.09. The van der Waals surface area contributed by atoms with E-state index in [-0.39, 0.29) is 11.6 Å². The average Bonchev–Trinajstić information content (AvgIpc) is 3.26. The Bertz CT molecular complexity index is 1350. The molecule has 4 aromatic rings. The summed E-state index contributed by atoms with van der Waals surface area (Å²) in [5, 5.41) is 6.39. The maximum absolute atomic E-state index is 13.5. The SMILES string of the molecule is CCOC(=O)c1cncc(-c2cnc(Nc3ccc(F)c(Cl)c3)nc2NCCc2scnc2C)c1. The molecule has 2 N–H and O–H groups in total. The van der Waals surface area contributed by atoms with E-state index in [0.717, 1.165) is 12.1 Å². The van der Waals surface area contributed by atoms with Crippen molar-refractivity contribution in [2.45, 2.75) is 20.3 Å². The number of carbonyl (C=O) groups is 1. The highest BCUT2D eigenvalue weighted by Crippen LogP contribution is 2.29. The monoisotopic (exact) mass is 512 g/mol. The molecule has 0 spiro atoms. The van der Waals surface area contributed by atoms with Gasteiger partial charge in [-0.25, -0.2) is 19.2 Å². The molecule has 1 aromatic carbocycles. The molecule has 0 fully saturated rings. The largest absolute Gasteiger partial charge is 0.462 e. The number of nitrogens with zero attached hydrogens (tertiary/aromatic N) is 4. The molecular weight excluding hydrogens is 491 g/mol. The molecule has 0 aliphatic carbocycles. The number of pyridine rings is 1. The molecule has 35 heavy (non-hydrogen) atoms. The topological polar surface area (TPSA) is 102 Å². The third kappa shape index (κ3) is 6.09. The molecule has 180 valence electrons. The number of aromatic nitrogens is 4. The highest BCUT2D eigenvalue weighted by Gasteiger charge is 2.14. The van der Waals surface area contributed by atoms with Crippen LogP contribution >= 0.6 is 22.9 Å². The Morgan fingerprint density at radius 2 is 2.06 bits per heavy atom. The Morgan fingerprint density at radius 1 is 1.20 bits per heavy atom. The predicted molar refractivity (Wildman–Crippen MR) is 135 cm³/mol. The lowest BCUT2D eigenvalue weighted by molar-refractivity contribution is 0.0526. The van der Waals surface area contributed by atoms with Crippen LogP contribution in [0.4, 0.5) is 21.8 Å². The van der Waals surface area contributed by atoms with Crippen LogP contribution in [0.1, 0.15) is 27.9 Å². The number of halogens is 2. The molecule has 0 saturated heterocycles. The number of thiazole rings is 1. The molecule has 0 atom stereocenters. The second-order valence-corrected chi connectivity index (χ2v) is 8.78. The van der Waals surface area contributed by atoms with Crippen molar-refractivity contribution in [2.24, 2.45) is 0 Å². The number of hydrogen-bond donors (Lipinski definition) is 2. The number of esters is 1. The Labute approximate surface area is 210 Å². The maximum atomic E-state index is 13.5. The van der Waals surface area contributed by atoms with Crippen molar-refractivity contribution in [2.75, 3.05) is 23.8 Å². The van der Waals surface area contributed by atoms with Crippen molar-refractivity contribution < 1.29 is 13.9 Å². The van der Waals surface area contributed by atoms with Gasteiger partial charge in [-0.15, -0.1) is 11.3 Å². The first-order valence-electron chi connectivity index (χ1n) is 10.8. The second-order valence-electron chi connectivity index (χ2n) is 7.43. The van der Waals surface area contributed by atoms with Crippen LogP contribution in [-0.2, 0) is 11.2 Å². The van der Waals surface area contributed by atoms with Gasteiger partial charge >= 0.3 is 5.97 Å². The fraction of sp³-hybridized carbons (Fsp3) is 0.208. The minimum Gasteiger partial charge on any atom is -0.462 e.